The smallest absolute Gasteiger partial charge is 0.407 e. The highest BCUT2D eigenvalue weighted by atomic mass is 32.2. The maximum absolute atomic E-state index is 12.9. The molecule has 1 amide bonds. The molecule has 0 aromatic heterocycles. The number of rotatable bonds is 2. The number of nitrogens with zero attached hydrogens (tertiary/aromatic N) is 2. The van der Waals surface area contributed by atoms with Crippen LogP contribution in [-0.4, -0.2) is 44.2 Å². The third kappa shape index (κ3) is 3.49. The molecule has 1 aliphatic heterocycles. The van der Waals surface area contributed by atoms with E-state index in [4.69, 9.17) is 4.40 Å². The Balaban J connectivity index is 1.73. The minimum atomic E-state index is -1.32. The number of carboxylic acid groups (broad SMARTS) is 1. The molecular weight excluding hydrogens is 360 g/mol. The average Bonchev–Trinajstić information content (AvgIpc) is 3.41. The highest BCUT2D eigenvalue weighted by Crippen LogP contribution is 2.48. The molecule has 2 fully saturated rings. The molecule has 4 rings (SSSR count). The van der Waals surface area contributed by atoms with E-state index in [9.17, 15) is 14.5 Å². The fourth-order valence-electron chi connectivity index (χ4n) is 4.28. The normalized spacial score (nSPS) is 24.3. The van der Waals surface area contributed by atoms with Crippen LogP contribution in [0.1, 0.15) is 69.1 Å². The van der Waals surface area contributed by atoms with Crippen molar-refractivity contribution in [1.29, 1.82) is 0 Å². The van der Waals surface area contributed by atoms with Crippen molar-refractivity contribution in [3.63, 3.8) is 0 Å². The van der Waals surface area contributed by atoms with Gasteiger partial charge in [0.05, 0.1) is 0 Å². The summed E-state index contributed by atoms with van der Waals surface area (Å²) in [4.78, 5) is 12.8. The molecule has 1 aromatic rings. The molecule has 1 N–H and O–H groups in total. The van der Waals surface area contributed by atoms with Gasteiger partial charge in [-0.05, 0) is 76.0 Å². The molecule has 1 spiro atoms. The van der Waals surface area contributed by atoms with Crippen molar-refractivity contribution in [2.24, 2.45) is 9.81 Å². The second-order valence-electron chi connectivity index (χ2n) is 9.22. The van der Waals surface area contributed by atoms with E-state index in [0.717, 1.165) is 30.5 Å². The summed E-state index contributed by atoms with van der Waals surface area (Å²) in [5.74, 6) is 0.662. The Labute approximate surface area is 164 Å². The van der Waals surface area contributed by atoms with Crippen molar-refractivity contribution in [2.45, 2.75) is 63.5 Å². The van der Waals surface area contributed by atoms with Crippen LogP contribution in [0.15, 0.2) is 22.6 Å². The summed E-state index contributed by atoms with van der Waals surface area (Å²) >= 11 is -1.32. The molecular formula is C21H28N2O3S. The summed E-state index contributed by atoms with van der Waals surface area (Å²) in [6.45, 7) is 6.87. The quantitative estimate of drug-likeness (QED) is 0.774. The van der Waals surface area contributed by atoms with Gasteiger partial charge in [-0.15, -0.1) is 0 Å². The Morgan fingerprint density at radius 1 is 1.30 bits per heavy atom. The fraction of sp³-hybridized carbons (Fsp3) is 0.619. The van der Waals surface area contributed by atoms with E-state index in [1.54, 1.807) is 0 Å². The third-order valence-corrected chi connectivity index (χ3v) is 7.55. The van der Waals surface area contributed by atoms with Crippen LogP contribution in [-0.2, 0) is 17.8 Å². The molecule has 2 aliphatic carbocycles. The van der Waals surface area contributed by atoms with Gasteiger partial charge in [0.1, 0.15) is 21.8 Å². The van der Waals surface area contributed by atoms with Crippen LogP contribution in [0.3, 0.4) is 0 Å². The predicted molar refractivity (Wildman–Crippen MR) is 108 cm³/mol. The Morgan fingerprint density at radius 2 is 1.96 bits per heavy atom. The van der Waals surface area contributed by atoms with Gasteiger partial charge in [-0.2, -0.15) is 0 Å². The standard InChI is InChI=1S/C21H28N2O3S/c1-20(2,3)27(26)22-18-17-12-15(14-4-5-14)6-7-16(17)13-21(18)8-10-23(11-9-21)19(24)25/h6-7,12,14H,4-5,8-11,13H2,1-3H3,(H,24,25)/b22-18+. The molecule has 0 bridgehead atoms. The first-order valence-corrected chi connectivity index (χ1v) is 10.9. The van der Waals surface area contributed by atoms with Crippen molar-refractivity contribution in [2.75, 3.05) is 13.1 Å². The number of hydrogen-bond donors (Lipinski definition) is 1. The van der Waals surface area contributed by atoms with Crippen molar-refractivity contribution in [1.82, 2.24) is 4.90 Å². The van der Waals surface area contributed by atoms with Crippen LogP contribution >= 0.6 is 0 Å². The summed E-state index contributed by atoms with van der Waals surface area (Å²) in [5.41, 5.74) is 4.56. The van der Waals surface area contributed by atoms with E-state index in [2.05, 4.69) is 18.2 Å². The third-order valence-electron chi connectivity index (χ3n) is 6.16. The number of benzene rings is 1. The summed E-state index contributed by atoms with van der Waals surface area (Å²) in [6, 6.07) is 6.72. The van der Waals surface area contributed by atoms with Crippen LogP contribution in [0.2, 0.25) is 0 Å². The van der Waals surface area contributed by atoms with E-state index in [0.29, 0.717) is 19.0 Å². The van der Waals surface area contributed by atoms with E-state index in [-0.39, 0.29) is 5.41 Å². The van der Waals surface area contributed by atoms with Gasteiger partial charge in [0.25, 0.3) is 0 Å². The van der Waals surface area contributed by atoms with Crippen molar-refractivity contribution >= 4 is 23.2 Å². The summed E-state index contributed by atoms with van der Waals surface area (Å²) < 4.78 is 17.2. The van der Waals surface area contributed by atoms with Gasteiger partial charge in [0.2, 0.25) is 0 Å². The monoisotopic (exact) mass is 388 g/mol. The van der Waals surface area contributed by atoms with Crippen molar-refractivity contribution in [3.05, 3.63) is 34.9 Å². The van der Waals surface area contributed by atoms with Gasteiger partial charge in [-0.3, -0.25) is 0 Å². The number of hydrogen-bond acceptors (Lipinski definition) is 3. The zero-order valence-electron chi connectivity index (χ0n) is 16.3. The first-order valence-electron chi connectivity index (χ1n) is 9.82. The minimum Gasteiger partial charge on any atom is -0.591 e. The summed E-state index contributed by atoms with van der Waals surface area (Å²) in [7, 11) is 0. The van der Waals surface area contributed by atoms with E-state index in [1.165, 1.54) is 28.9 Å². The zero-order valence-corrected chi connectivity index (χ0v) is 17.1. The first-order chi connectivity index (χ1) is 12.7. The molecule has 5 nitrogen and oxygen atoms in total. The maximum atomic E-state index is 12.9. The topological polar surface area (TPSA) is 76.0 Å². The molecule has 3 aliphatic rings. The van der Waals surface area contributed by atoms with Crippen molar-refractivity contribution < 1.29 is 14.5 Å². The Kier molecular flexibility index (Phi) is 4.54. The number of amides is 1. The molecule has 1 atom stereocenters. The van der Waals surface area contributed by atoms with Gasteiger partial charge >= 0.3 is 6.09 Å². The Bertz CT molecular complexity index is 787. The van der Waals surface area contributed by atoms with Crippen LogP contribution in [0, 0.1) is 5.41 Å². The van der Waals surface area contributed by atoms with Gasteiger partial charge in [-0.1, -0.05) is 16.5 Å². The van der Waals surface area contributed by atoms with E-state index < -0.39 is 22.2 Å². The van der Waals surface area contributed by atoms with Crippen LogP contribution in [0.5, 0.6) is 0 Å². The summed E-state index contributed by atoms with van der Waals surface area (Å²) in [5, 5.41) is 9.31. The van der Waals surface area contributed by atoms with Crippen LogP contribution < -0.4 is 0 Å². The van der Waals surface area contributed by atoms with Gasteiger partial charge in [0.15, 0.2) is 0 Å². The lowest BCUT2D eigenvalue weighted by atomic mass is 9.74. The number of fused-ring (bicyclic) bond motifs is 1. The molecule has 0 radical (unpaired) electrons. The van der Waals surface area contributed by atoms with E-state index in [1.807, 2.05) is 20.8 Å². The lowest BCUT2D eigenvalue weighted by molar-refractivity contribution is 0.115. The molecule has 1 saturated heterocycles. The lowest BCUT2D eigenvalue weighted by Gasteiger charge is -2.38. The largest absolute Gasteiger partial charge is 0.591 e. The van der Waals surface area contributed by atoms with E-state index >= 15 is 0 Å². The first kappa shape index (κ1) is 18.8. The molecule has 1 aromatic carbocycles. The molecule has 1 heterocycles. The zero-order chi connectivity index (χ0) is 19.4. The van der Waals surface area contributed by atoms with Gasteiger partial charge < -0.3 is 14.6 Å². The molecule has 27 heavy (non-hydrogen) atoms. The molecule has 1 unspecified atom stereocenters. The lowest BCUT2D eigenvalue weighted by Crippen LogP contribution is -2.45. The number of carbonyl (C=O) groups is 1. The van der Waals surface area contributed by atoms with Gasteiger partial charge in [0, 0.05) is 24.1 Å². The molecule has 6 heteroatoms. The maximum Gasteiger partial charge on any atom is 0.407 e. The fourth-order valence-corrected chi connectivity index (χ4v) is 5.01. The average molecular weight is 389 g/mol. The number of likely N-dealkylation sites (tertiary alicyclic amines) is 1. The molecule has 146 valence electrons. The van der Waals surface area contributed by atoms with Crippen molar-refractivity contribution in [3.8, 4) is 0 Å². The molecule has 1 saturated carbocycles. The Morgan fingerprint density at radius 3 is 2.52 bits per heavy atom. The highest BCUT2D eigenvalue weighted by molar-refractivity contribution is 7.91. The summed E-state index contributed by atoms with van der Waals surface area (Å²) in [6.07, 6.45) is 4.00. The van der Waals surface area contributed by atoms with Crippen LogP contribution in [0.25, 0.3) is 0 Å². The SMILES string of the molecule is CC(C)(C)[S+]([O-])/N=C1\c2cc(C3CC3)ccc2CC12CCN(C(=O)O)CC2. The minimum absolute atomic E-state index is 0.183. The van der Waals surface area contributed by atoms with Crippen LogP contribution in [0.4, 0.5) is 4.79 Å². The number of piperidine rings is 1. The van der Waals surface area contributed by atoms with Gasteiger partial charge in [-0.25, -0.2) is 4.79 Å². The predicted octanol–water partition coefficient (Wildman–Crippen LogP) is 4.13. The highest BCUT2D eigenvalue weighted by Gasteiger charge is 2.48. The second-order valence-corrected chi connectivity index (χ2v) is 11.1. The Hall–Kier alpha value is -1.53. The second kappa shape index (κ2) is 6.52.